The first-order valence-corrected chi connectivity index (χ1v) is 43.8. The van der Waals surface area contributed by atoms with Gasteiger partial charge < -0.3 is 77.1 Å². The minimum Gasteiger partial charge on any atom is -0.489 e. The highest BCUT2D eigenvalue weighted by atomic mass is 19.4. The predicted octanol–water partition coefficient (Wildman–Crippen LogP) is 6.21. The number of carbonyl (C=O) groups is 4. The molecule has 0 spiro atoms. The summed E-state index contributed by atoms with van der Waals surface area (Å²) in [5.41, 5.74) is -3.02. The van der Waals surface area contributed by atoms with E-state index < -0.39 is 47.0 Å². The topological polar surface area (TPSA) is 454 Å². The number of rotatable bonds is 24. The number of hydrogen-bond acceptors (Lipinski definition) is 32. The fourth-order valence-electron chi connectivity index (χ4n) is 15.7. The molecule has 0 saturated carbocycles. The van der Waals surface area contributed by atoms with Crippen LogP contribution in [0.15, 0.2) is 93.5 Å². The average Bonchev–Trinajstić information content (AvgIpc) is 1.08. The van der Waals surface area contributed by atoms with E-state index in [1.54, 1.807) is 66.9 Å². The van der Waals surface area contributed by atoms with Crippen molar-refractivity contribution in [3.05, 3.63) is 160 Å². The number of anilines is 4. The van der Waals surface area contributed by atoms with Gasteiger partial charge >= 0.3 is 24.7 Å². The monoisotopic (exact) mass is 1930 g/mol. The van der Waals surface area contributed by atoms with Crippen LogP contribution in [-0.4, -0.2) is 304 Å². The zero-order chi connectivity index (χ0) is 97.2. The van der Waals surface area contributed by atoms with E-state index in [-0.39, 0.29) is 171 Å². The van der Waals surface area contributed by atoms with Gasteiger partial charge in [-0.15, -0.1) is 0 Å². The number of aromatic nitrogens is 16. The number of ether oxygens (including phenoxy) is 8. The van der Waals surface area contributed by atoms with Crippen LogP contribution in [-0.2, 0) is 62.8 Å². The Morgan fingerprint density at radius 1 is 0.287 bits per heavy atom. The van der Waals surface area contributed by atoms with Gasteiger partial charge in [0.05, 0.1) is 144 Å². The van der Waals surface area contributed by atoms with E-state index in [9.17, 15) is 91.0 Å². The summed E-state index contributed by atoms with van der Waals surface area (Å²) in [5, 5.41) is 24.2. The molecule has 8 aliphatic heterocycles. The highest BCUT2D eigenvalue weighted by molar-refractivity contribution is 5.79. The fraction of sp³-hybridized carbons (Fsp3) is 0.571. The minimum absolute atomic E-state index is 0.0332. The van der Waals surface area contributed by atoms with E-state index >= 15 is 0 Å². The quantitative estimate of drug-likeness (QED) is 0.0488. The normalized spacial score (nSPS) is 21.1. The van der Waals surface area contributed by atoms with Crippen LogP contribution >= 0.6 is 0 Å². The Morgan fingerprint density at radius 2 is 0.456 bits per heavy atom. The van der Waals surface area contributed by atoms with Crippen molar-refractivity contribution in [2.75, 3.05) is 151 Å². The highest BCUT2D eigenvalue weighted by Gasteiger charge is 2.40. The first-order valence-electron chi connectivity index (χ1n) is 43.8. The summed E-state index contributed by atoms with van der Waals surface area (Å²) >= 11 is 0. The number of H-pyrrole nitrogens is 4. The maximum Gasteiger partial charge on any atom is 0.419 e. The lowest BCUT2D eigenvalue weighted by Gasteiger charge is -2.35. The van der Waals surface area contributed by atoms with E-state index in [4.69, 9.17) is 37.9 Å². The van der Waals surface area contributed by atoms with Crippen LogP contribution in [0.5, 0.6) is 23.0 Å². The zero-order valence-corrected chi connectivity index (χ0v) is 74.2. The number of hydrogen-bond donors (Lipinski definition) is 4. The first kappa shape index (κ1) is 101. The Hall–Kier alpha value is -12.9. The Labute approximate surface area is 766 Å². The van der Waals surface area contributed by atoms with E-state index in [0.29, 0.717) is 150 Å². The van der Waals surface area contributed by atoms with Crippen molar-refractivity contribution < 1.29 is 110 Å². The summed E-state index contributed by atoms with van der Waals surface area (Å²) in [6, 6.07) is 0. The third-order valence-corrected chi connectivity index (χ3v) is 23.8. The van der Waals surface area contributed by atoms with Crippen molar-refractivity contribution in [1.82, 2.24) is 100 Å². The van der Waals surface area contributed by atoms with Crippen molar-refractivity contribution in [3.8, 4) is 23.0 Å². The lowest BCUT2D eigenvalue weighted by molar-refractivity contribution is -0.138. The second-order valence-electron chi connectivity index (χ2n) is 33.2. The molecule has 0 aromatic carbocycles. The second-order valence-corrected chi connectivity index (χ2v) is 33.2. The van der Waals surface area contributed by atoms with E-state index in [1.807, 2.05) is 0 Å². The van der Waals surface area contributed by atoms with Gasteiger partial charge in [0.15, 0.2) is 0 Å². The predicted molar refractivity (Wildman–Crippen MR) is 454 cm³/mol. The number of nitrogens with one attached hydrogen (secondary N) is 4. The zero-order valence-electron chi connectivity index (χ0n) is 74.2. The highest BCUT2D eigenvalue weighted by Crippen LogP contribution is 2.36. The molecule has 4 amide bonds. The molecule has 8 saturated heterocycles. The molecule has 16 rings (SSSR count). The molecule has 4 N–H and O–H groups in total. The molecular weight excluding hydrogens is 1830 g/mol. The summed E-state index contributed by atoms with van der Waals surface area (Å²) in [7, 11) is 0. The number of halogens is 12. The second kappa shape index (κ2) is 45.2. The van der Waals surface area contributed by atoms with Crippen molar-refractivity contribution in [1.29, 1.82) is 0 Å². The Morgan fingerprint density at radius 3 is 0.625 bits per heavy atom. The van der Waals surface area contributed by atoms with E-state index in [1.165, 1.54) is 24.8 Å². The van der Waals surface area contributed by atoms with E-state index in [0.717, 1.165) is 101 Å². The number of alkyl halides is 12. The van der Waals surface area contributed by atoms with Crippen LogP contribution in [0.25, 0.3) is 0 Å². The summed E-state index contributed by atoms with van der Waals surface area (Å²) in [4.78, 5) is 142. The molecule has 136 heavy (non-hydrogen) atoms. The van der Waals surface area contributed by atoms with Gasteiger partial charge in [0.2, 0.25) is 47.4 Å². The number of nitrogens with zero attached hydrogens (tertiary/aromatic N) is 20. The molecule has 8 atom stereocenters. The van der Waals surface area contributed by atoms with Gasteiger partial charge in [0.25, 0.3) is 22.2 Å². The van der Waals surface area contributed by atoms with Crippen LogP contribution in [0.4, 0.5) is 76.5 Å². The molecular formula is C84H100F12N24O16. The van der Waals surface area contributed by atoms with Crippen LogP contribution in [0.1, 0.15) is 122 Å². The standard InChI is InChI=1S/4C21H25F3N6O4/c4*1-13-17(11-27-28-19(13)32)33-12-16-3-2-15(34-16)8-18(31)29-4-6-30(7-5-29)20-25-9-14(10-26-20)21(22,23)24/h4*9-11,15-16H,2-8,12H2,1H3,(H,28,32)/t2*15-,16+;2*15-,16-/m1010/s1. The SMILES string of the molecule is Cc1c(OC[C@@H]2CC[C@@H](CC(=O)N3CCN(c4ncc(C(F)(F)F)cn4)CC3)O2)cn[nH]c1=O.Cc1c(OC[C@@H]2CC[C@H](CC(=O)N3CCN(c4ncc(C(F)(F)F)cn4)CC3)O2)cn[nH]c1=O.Cc1c(OC[C@H]2CC[C@@H](CC(=O)N3CCN(c4ncc(C(F)(F)F)cn4)CC3)O2)cn[nH]c1=O.Cc1c(OC[C@H]2CC[C@H](CC(=O)N3CCN(c4ncc(C(F)(F)F)cn4)CC3)O2)cn[nH]c1=O. The molecule has 8 aliphatic rings. The molecule has 16 heterocycles. The number of carbonyl (C=O) groups excluding carboxylic acids is 4. The maximum absolute atomic E-state index is 12.7. The molecule has 8 fully saturated rings. The Kier molecular flexibility index (Phi) is 33.4. The Bertz CT molecular complexity index is 4890. The number of amides is 4. The van der Waals surface area contributed by atoms with Gasteiger partial charge in [0, 0.05) is 154 Å². The largest absolute Gasteiger partial charge is 0.489 e. The molecule has 0 radical (unpaired) electrons. The van der Waals surface area contributed by atoms with Crippen molar-refractivity contribution in [2.24, 2.45) is 0 Å². The maximum atomic E-state index is 12.7. The summed E-state index contributed by atoms with van der Waals surface area (Å²) < 4.78 is 199. The molecule has 52 heteroatoms. The first-order chi connectivity index (χ1) is 64.8. The molecule has 736 valence electrons. The van der Waals surface area contributed by atoms with Crippen LogP contribution in [0.2, 0.25) is 0 Å². The average molecular weight is 1930 g/mol. The number of piperazine rings is 4. The smallest absolute Gasteiger partial charge is 0.419 e. The molecule has 8 aromatic heterocycles. The lowest BCUT2D eigenvalue weighted by Crippen LogP contribution is -2.49. The lowest BCUT2D eigenvalue weighted by atomic mass is 10.1. The summed E-state index contributed by atoms with van der Waals surface area (Å²) in [6.07, 6.45) is -0.649. The summed E-state index contributed by atoms with van der Waals surface area (Å²) in [5.74, 6) is 2.35. The Balaban J connectivity index is 0.000000153. The third kappa shape index (κ3) is 27.7. The van der Waals surface area contributed by atoms with Crippen LogP contribution in [0.3, 0.4) is 0 Å². The van der Waals surface area contributed by atoms with E-state index in [2.05, 4.69) is 80.7 Å². The molecule has 0 aliphatic carbocycles. The van der Waals surface area contributed by atoms with Crippen molar-refractivity contribution >= 4 is 47.4 Å². The van der Waals surface area contributed by atoms with Crippen LogP contribution in [0, 0.1) is 27.7 Å². The molecule has 0 bridgehead atoms. The summed E-state index contributed by atoms with van der Waals surface area (Å²) in [6.45, 7) is 14.6. The van der Waals surface area contributed by atoms with Gasteiger partial charge in [-0.3, -0.25) is 38.4 Å². The van der Waals surface area contributed by atoms with Crippen molar-refractivity contribution in [3.63, 3.8) is 0 Å². The van der Waals surface area contributed by atoms with Gasteiger partial charge in [-0.25, -0.2) is 60.3 Å². The minimum atomic E-state index is -4.48. The van der Waals surface area contributed by atoms with Gasteiger partial charge in [0.1, 0.15) is 49.4 Å². The van der Waals surface area contributed by atoms with Gasteiger partial charge in [-0.05, 0) is 79.1 Å². The van der Waals surface area contributed by atoms with Crippen molar-refractivity contribution in [2.45, 2.75) is 178 Å². The molecule has 40 nitrogen and oxygen atoms in total. The fourth-order valence-corrected chi connectivity index (χ4v) is 15.7. The molecule has 8 aromatic rings. The van der Waals surface area contributed by atoms with Crippen LogP contribution < -0.4 is 60.8 Å². The number of aromatic amines is 4. The van der Waals surface area contributed by atoms with Gasteiger partial charge in [-0.2, -0.15) is 73.1 Å². The third-order valence-electron chi connectivity index (χ3n) is 23.8. The molecule has 0 unspecified atom stereocenters. The van der Waals surface area contributed by atoms with Gasteiger partial charge in [-0.1, -0.05) is 0 Å².